The van der Waals surface area contributed by atoms with Crippen molar-refractivity contribution in [3.63, 3.8) is 0 Å². The van der Waals surface area contributed by atoms with Crippen LogP contribution in [-0.4, -0.2) is 37.6 Å². The summed E-state index contributed by atoms with van der Waals surface area (Å²) < 4.78 is 0.381. The van der Waals surface area contributed by atoms with Crippen LogP contribution in [0.1, 0.15) is 17.2 Å². The third-order valence-electron chi connectivity index (χ3n) is 2.60. The highest BCUT2D eigenvalue weighted by atomic mass is 16.3. The number of aryl methyl sites for hydroxylation is 1. The molecule has 1 aromatic rings. The van der Waals surface area contributed by atoms with Crippen LogP contribution < -0.4 is 0 Å². The zero-order chi connectivity index (χ0) is 12.2. The maximum atomic E-state index is 10.1. The maximum absolute atomic E-state index is 10.1. The number of nitriles is 1. The molecule has 0 aliphatic carbocycles. The summed E-state index contributed by atoms with van der Waals surface area (Å²) in [5.41, 5.74) is 2.01. The fraction of sp³-hybridized carbons (Fsp3) is 0.417. The summed E-state index contributed by atoms with van der Waals surface area (Å²) in [5, 5.41) is 18.8. The summed E-state index contributed by atoms with van der Waals surface area (Å²) in [6, 6.07) is 7.77. The van der Waals surface area contributed by atoms with E-state index in [-0.39, 0.29) is 0 Å². The zero-order valence-electron chi connectivity index (χ0n) is 10.0. The highest BCUT2D eigenvalue weighted by Gasteiger charge is 2.15. The summed E-state index contributed by atoms with van der Waals surface area (Å²) in [5.74, 6) is 2.02. The Morgan fingerprint density at radius 2 is 2.06 bits per heavy atom. The summed E-state index contributed by atoms with van der Waals surface area (Å²) in [6.07, 6.45) is -0.541. The second-order valence-corrected chi connectivity index (χ2v) is 4.59. The molecule has 0 amide bonds. The topological polar surface area (TPSA) is 44.0 Å². The number of hydrogen-bond donors (Lipinski definition) is 1. The first-order chi connectivity index (χ1) is 7.46. The van der Waals surface area contributed by atoms with Crippen LogP contribution in [-0.2, 0) is 0 Å². The predicted octanol–water partition coefficient (Wildman–Crippen LogP) is 1.21. The molecule has 1 N–H and O–H groups in total. The lowest BCUT2D eigenvalue weighted by Gasteiger charge is -2.41. The molecule has 2 radical (unpaired) electrons. The monoisotopic (exact) mass is 216 g/mol. The maximum Gasteiger partial charge on any atom is 0.126 e. The number of nitrogens with zero attached hydrogens (tertiary/aromatic N) is 2. The lowest BCUT2D eigenvalue weighted by molar-refractivity contribution is -0.782. The molecule has 0 fully saturated rings. The van der Waals surface area contributed by atoms with Gasteiger partial charge in [-0.15, -0.1) is 5.97 Å². The van der Waals surface area contributed by atoms with E-state index >= 15 is 0 Å². The number of hydrogen-bond acceptors (Lipinski definition) is 2. The lowest BCUT2D eigenvalue weighted by Crippen LogP contribution is -2.45. The quantitative estimate of drug-likeness (QED) is 0.768. The van der Waals surface area contributed by atoms with E-state index in [1.807, 2.05) is 51.3 Å². The van der Waals surface area contributed by atoms with Gasteiger partial charge in [-0.05, 0) is 18.1 Å². The number of aliphatic hydroxyl groups is 1. The van der Waals surface area contributed by atoms with Crippen molar-refractivity contribution in [1.82, 2.24) is 0 Å². The molecule has 1 rings (SSSR count). The first-order valence-corrected chi connectivity index (χ1v) is 5.26. The zero-order valence-corrected chi connectivity index (χ0v) is 10.0. The molecule has 84 valence electrons. The van der Waals surface area contributed by atoms with E-state index in [2.05, 4.69) is 0 Å². The van der Waals surface area contributed by atoms with Crippen molar-refractivity contribution in [2.24, 2.45) is 0 Å². The van der Waals surface area contributed by atoms with E-state index in [0.29, 0.717) is 10.9 Å². The molecular weight excluding hydrogens is 199 g/mol. The van der Waals surface area contributed by atoms with E-state index < -0.39 is 6.10 Å². The summed E-state index contributed by atoms with van der Waals surface area (Å²) in [4.78, 5) is 0. The fourth-order valence-electron chi connectivity index (χ4n) is 1.71. The van der Waals surface area contributed by atoms with Gasteiger partial charge >= 0.3 is 0 Å². The third-order valence-corrected chi connectivity index (χ3v) is 2.60. The molecule has 1 unspecified atom stereocenters. The Hall–Kier alpha value is -1.31. The molecule has 0 aliphatic heterocycles. The van der Waals surface area contributed by atoms with Crippen LogP contribution in [0.3, 0.4) is 0 Å². The van der Waals surface area contributed by atoms with Crippen LogP contribution in [0.2, 0.25) is 0 Å². The average Bonchev–Trinajstić information content (AvgIpc) is 2.17. The van der Waals surface area contributed by atoms with Gasteiger partial charge in [0.2, 0.25) is 0 Å². The van der Waals surface area contributed by atoms with E-state index in [1.165, 1.54) is 7.41 Å². The van der Waals surface area contributed by atoms with Crippen molar-refractivity contribution in [3.05, 3.63) is 35.4 Å². The van der Waals surface area contributed by atoms with Crippen molar-refractivity contribution in [1.29, 1.82) is 5.26 Å². The van der Waals surface area contributed by atoms with Gasteiger partial charge in [-0.1, -0.05) is 24.3 Å². The molecule has 3 nitrogen and oxygen atoms in total. The smallest absolute Gasteiger partial charge is 0.126 e. The van der Waals surface area contributed by atoms with Gasteiger partial charge in [0, 0.05) is 14.1 Å². The van der Waals surface area contributed by atoms with Gasteiger partial charge in [-0.2, -0.15) is 0 Å². The van der Waals surface area contributed by atoms with Crippen molar-refractivity contribution in [2.75, 3.05) is 20.6 Å². The first-order valence-electron chi connectivity index (χ1n) is 5.26. The molecule has 0 aromatic heterocycles. The number of likely N-dealkylation sites (N-methyl/N-ethyl adjacent to an activating group) is 1. The normalized spacial score (nSPS) is 13.2. The van der Waals surface area contributed by atoms with Crippen LogP contribution in [0.25, 0.3) is 0 Å². The summed E-state index contributed by atoms with van der Waals surface area (Å²) in [7, 11) is 5.30. The van der Waals surface area contributed by atoms with Crippen molar-refractivity contribution < 1.29 is 9.50 Å². The van der Waals surface area contributed by atoms with Crippen molar-refractivity contribution >= 4 is 7.41 Å². The Kier molecular flexibility index (Phi) is 4.11. The van der Waals surface area contributed by atoms with Crippen LogP contribution >= 0.6 is 0 Å². The van der Waals surface area contributed by atoms with Crippen LogP contribution in [0.5, 0.6) is 0 Å². The van der Waals surface area contributed by atoms with E-state index in [9.17, 15) is 5.11 Å². The third kappa shape index (κ3) is 3.37. The number of quaternary nitrogens is 1. The minimum Gasteiger partial charge on any atom is -0.550 e. The number of rotatable bonds is 4. The second kappa shape index (κ2) is 5.15. The van der Waals surface area contributed by atoms with Gasteiger partial charge in [-0.25, -0.2) is 5.26 Å². The molecule has 1 atom stereocenters. The fourth-order valence-corrected chi connectivity index (χ4v) is 1.71. The summed E-state index contributed by atoms with van der Waals surface area (Å²) >= 11 is 0. The molecule has 0 heterocycles. The standard InChI is InChI=1S/C12H17BN2O/c1-10-6-4-5-7-11(10)12(16)8-15(2,3)13-9-14/h4-7,12,16H,8H2,1-3H3. The van der Waals surface area contributed by atoms with E-state index in [1.54, 1.807) is 0 Å². The first kappa shape index (κ1) is 12.8. The molecule has 0 spiro atoms. The Morgan fingerprint density at radius 3 is 2.62 bits per heavy atom. The molecule has 0 aliphatic rings. The molecule has 4 heteroatoms. The number of benzene rings is 1. The van der Waals surface area contributed by atoms with Crippen LogP contribution in [0.15, 0.2) is 24.3 Å². The minimum absolute atomic E-state index is 0.381. The van der Waals surface area contributed by atoms with Gasteiger partial charge in [0.25, 0.3) is 0 Å². The molecule has 16 heavy (non-hydrogen) atoms. The largest absolute Gasteiger partial charge is 0.550 e. The molecule has 0 bridgehead atoms. The van der Waals surface area contributed by atoms with Crippen LogP contribution in [0.4, 0.5) is 0 Å². The molecule has 0 saturated carbocycles. The van der Waals surface area contributed by atoms with Crippen LogP contribution in [0, 0.1) is 18.2 Å². The van der Waals surface area contributed by atoms with Gasteiger partial charge < -0.3 is 9.50 Å². The van der Waals surface area contributed by atoms with Gasteiger partial charge in [0.1, 0.15) is 13.5 Å². The minimum atomic E-state index is -0.541. The Morgan fingerprint density at radius 1 is 1.44 bits per heavy atom. The van der Waals surface area contributed by atoms with Gasteiger partial charge in [0.15, 0.2) is 0 Å². The Labute approximate surface area is 97.8 Å². The van der Waals surface area contributed by atoms with Gasteiger partial charge in [-0.3, -0.25) is 0 Å². The average molecular weight is 216 g/mol. The van der Waals surface area contributed by atoms with Crippen molar-refractivity contribution in [2.45, 2.75) is 13.0 Å². The Balaban J connectivity index is 2.77. The molecular formula is C12H17BN2O. The second-order valence-electron chi connectivity index (χ2n) is 4.59. The van der Waals surface area contributed by atoms with E-state index in [4.69, 9.17) is 5.26 Å². The lowest BCUT2D eigenvalue weighted by atomic mass is 9.89. The van der Waals surface area contributed by atoms with E-state index in [0.717, 1.165) is 11.1 Å². The van der Waals surface area contributed by atoms with Crippen molar-refractivity contribution in [3.8, 4) is 5.97 Å². The summed E-state index contributed by atoms with van der Waals surface area (Å²) in [6.45, 7) is 2.48. The Bertz CT molecular complexity index is 398. The molecule has 1 aromatic carbocycles. The highest BCUT2D eigenvalue weighted by Crippen LogP contribution is 2.19. The molecule has 0 saturated heterocycles. The predicted molar refractivity (Wildman–Crippen MR) is 64.5 cm³/mol. The highest BCUT2D eigenvalue weighted by molar-refractivity contribution is 6.36. The number of aliphatic hydroxyl groups excluding tert-OH is 1. The van der Waals surface area contributed by atoms with Gasteiger partial charge in [0.05, 0.1) is 6.54 Å². The SMILES string of the molecule is Cc1ccccc1C(O)C[N+](C)(C)[B-]C#N.